The average molecular weight is 367 g/mol. The van der Waals surface area contributed by atoms with Gasteiger partial charge in [0.2, 0.25) is 0 Å². The molecule has 0 aromatic heterocycles. The lowest BCUT2D eigenvalue weighted by Gasteiger charge is -2.20. The molecular weight excluding hydrogens is 346 g/mol. The van der Waals surface area contributed by atoms with Gasteiger partial charge in [0, 0.05) is 9.50 Å². The second-order valence-electron chi connectivity index (χ2n) is 5.19. The molecule has 0 radical (unpaired) electrons. The molecule has 0 saturated carbocycles. The summed E-state index contributed by atoms with van der Waals surface area (Å²) in [5.74, 6) is 0. The molecule has 0 aliphatic heterocycles. The molecule has 0 bridgehead atoms. The quantitative estimate of drug-likeness (QED) is 0.686. The molecular formula is C18H21BrClN. The monoisotopic (exact) mass is 365 g/mol. The number of hydrogen-bond donors (Lipinski definition) is 1. The number of hydrogen-bond acceptors (Lipinski definition) is 1. The normalized spacial score (nSPS) is 12.4. The summed E-state index contributed by atoms with van der Waals surface area (Å²) in [6, 6.07) is 15.1. The van der Waals surface area contributed by atoms with Crippen LogP contribution in [0.5, 0.6) is 0 Å². The molecule has 2 aromatic rings. The summed E-state index contributed by atoms with van der Waals surface area (Å²) in [4.78, 5) is 0. The van der Waals surface area contributed by atoms with Gasteiger partial charge in [0.25, 0.3) is 0 Å². The fourth-order valence-corrected chi connectivity index (χ4v) is 3.29. The first-order chi connectivity index (χ1) is 10.1. The van der Waals surface area contributed by atoms with Crippen LogP contribution in [-0.4, -0.2) is 6.54 Å². The second kappa shape index (κ2) is 7.98. The molecule has 0 aliphatic rings. The number of rotatable bonds is 6. The van der Waals surface area contributed by atoms with Crippen molar-refractivity contribution >= 4 is 27.5 Å². The van der Waals surface area contributed by atoms with Gasteiger partial charge >= 0.3 is 0 Å². The van der Waals surface area contributed by atoms with Crippen molar-refractivity contribution in [2.45, 2.75) is 32.7 Å². The summed E-state index contributed by atoms with van der Waals surface area (Å²) < 4.78 is 1.01. The molecule has 2 aromatic carbocycles. The SMILES string of the molecule is CCCNC(c1ccc(CC)cc1)c1cc(Cl)cc(Br)c1. The molecule has 1 nitrogen and oxygen atoms in total. The van der Waals surface area contributed by atoms with Crippen molar-refractivity contribution in [3.8, 4) is 0 Å². The standard InChI is InChI=1S/C18H21BrClN/c1-3-9-21-18(14-7-5-13(4-2)6-8-14)15-10-16(19)12-17(20)11-15/h5-8,10-12,18,21H,3-4,9H2,1-2H3. The van der Waals surface area contributed by atoms with Crippen molar-refractivity contribution in [1.82, 2.24) is 5.32 Å². The molecule has 0 heterocycles. The van der Waals surface area contributed by atoms with Gasteiger partial charge in [-0.2, -0.15) is 0 Å². The van der Waals surface area contributed by atoms with Crippen LogP contribution >= 0.6 is 27.5 Å². The van der Waals surface area contributed by atoms with E-state index >= 15 is 0 Å². The van der Waals surface area contributed by atoms with E-state index in [2.05, 4.69) is 65.4 Å². The van der Waals surface area contributed by atoms with Gasteiger partial charge < -0.3 is 5.32 Å². The maximum atomic E-state index is 6.21. The van der Waals surface area contributed by atoms with Gasteiger partial charge in [-0.05, 0) is 54.3 Å². The Morgan fingerprint density at radius 2 is 1.76 bits per heavy atom. The zero-order valence-electron chi connectivity index (χ0n) is 12.5. The smallest absolute Gasteiger partial charge is 0.0577 e. The molecule has 0 fully saturated rings. The molecule has 1 N–H and O–H groups in total. The number of benzene rings is 2. The predicted octanol–water partition coefficient (Wildman–Crippen LogP) is 5.75. The molecule has 0 saturated heterocycles. The van der Waals surface area contributed by atoms with E-state index in [9.17, 15) is 0 Å². The van der Waals surface area contributed by atoms with Crippen LogP contribution in [-0.2, 0) is 6.42 Å². The van der Waals surface area contributed by atoms with Gasteiger partial charge in [0.1, 0.15) is 0 Å². The Balaban J connectivity index is 2.36. The summed E-state index contributed by atoms with van der Waals surface area (Å²) in [5.41, 5.74) is 3.82. The van der Waals surface area contributed by atoms with Crippen LogP contribution < -0.4 is 5.32 Å². The average Bonchev–Trinajstić information content (AvgIpc) is 2.47. The van der Waals surface area contributed by atoms with Crippen LogP contribution in [0.15, 0.2) is 46.9 Å². The van der Waals surface area contributed by atoms with E-state index in [0.717, 1.165) is 28.9 Å². The van der Waals surface area contributed by atoms with E-state index in [-0.39, 0.29) is 6.04 Å². The fraction of sp³-hybridized carbons (Fsp3) is 0.333. The van der Waals surface area contributed by atoms with Crippen molar-refractivity contribution in [2.24, 2.45) is 0 Å². The Kier molecular flexibility index (Phi) is 6.28. The maximum absolute atomic E-state index is 6.21. The summed E-state index contributed by atoms with van der Waals surface area (Å²) in [6.07, 6.45) is 2.17. The molecule has 21 heavy (non-hydrogen) atoms. The summed E-state index contributed by atoms with van der Waals surface area (Å²) in [6.45, 7) is 5.33. The number of aryl methyl sites for hydroxylation is 1. The van der Waals surface area contributed by atoms with Crippen molar-refractivity contribution < 1.29 is 0 Å². The number of halogens is 2. The third-order valence-corrected chi connectivity index (χ3v) is 4.21. The minimum Gasteiger partial charge on any atom is -0.306 e. The lowest BCUT2D eigenvalue weighted by Crippen LogP contribution is -2.23. The van der Waals surface area contributed by atoms with E-state index in [0.29, 0.717) is 0 Å². The van der Waals surface area contributed by atoms with E-state index in [1.807, 2.05) is 12.1 Å². The topological polar surface area (TPSA) is 12.0 Å². The Bertz CT molecular complexity index is 560. The van der Waals surface area contributed by atoms with E-state index < -0.39 is 0 Å². The Labute approximate surface area is 140 Å². The molecule has 1 unspecified atom stereocenters. The predicted molar refractivity (Wildman–Crippen MR) is 95.1 cm³/mol. The van der Waals surface area contributed by atoms with Crippen molar-refractivity contribution in [3.63, 3.8) is 0 Å². The van der Waals surface area contributed by atoms with Crippen LogP contribution in [0.3, 0.4) is 0 Å². The minimum atomic E-state index is 0.172. The Morgan fingerprint density at radius 3 is 2.33 bits per heavy atom. The largest absolute Gasteiger partial charge is 0.306 e. The molecule has 3 heteroatoms. The van der Waals surface area contributed by atoms with Crippen LogP contribution in [0.2, 0.25) is 5.02 Å². The lowest BCUT2D eigenvalue weighted by atomic mass is 9.97. The van der Waals surface area contributed by atoms with E-state index in [1.54, 1.807) is 0 Å². The van der Waals surface area contributed by atoms with Crippen molar-refractivity contribution in [3.05, 3.63) is 68.7 Å². The zero-order valence-corrected chi connectivity index (χ0v) is 14.8. The minimum absolute atomic E-state index is 0.172. The molecule has 0 aliphatic carbocycles. The van der Waals surface area contributed by atoms with Crippen molar-refractivity contribution in [1.29, 1.82) is 0 Å². The van der Waals surface area contributed by atoms with Gasteiger partial charge in [-0.1, -0.05) is 65.6 Å². The first-order valence-corrected chi connectivity index (χ1v) is 8.59. The third kappa shape index (κ3) is 4.57. The third-order valence-electron chi connectivity index (χ3n) is 3.54. The molecule has 0 amide bonds. The Hall–Kier alpha value is -0.830. The lowest BCUT2D eigenvalue weighted by molar-refractivity contribution is 0.598. The highest BCUT2D eigenvalue weighted by Gasteiger charge is 2.14. The van der Waals surface area contributed by atoms with Crippen LogP contribution in [0.1, 0.15) is 43.0 Å². The van der Waals surface area contributed by atoms with Gasteiger partial charge in [-0.15, -0.1) is 0 Å². The summed E-state index contributed by atoms with van der Waals surface area (Å²) in [7, 11) is 0. The molecule has 112 valence electrons. The van der Waals surface area contributed by atoms with E-state index in [4.69, 9.17) is 11.6 Å². The fourth-order valence-electron chi connectivity index (χ4n) is 2.40. The van der Waals surface area contributed by atoms with Gasteiger partial charge in [-0.3, -0.25) is 0 Å². The van der Waals surface area contributed by atoms with Crippen LogP contribution in [0.4, 0.5) is 0 Å². The van der Waals surface area contributed by atoms with Gasteiger partial charge in [-0.25, -0.2) is 0 Å². The molecule has 1 atom stereocenters. The van der Waals surface area contributed by atoms with Gasteiger partial charge in [0.15, 0.2) is 0 Å². The Morgan fingerprint density at radius 1 is 1.05 bits per heavy atom. The molecule has 2 rings (SSSR count). The van der Waals surface area contributed by atoms with E-state index in [1.165, 1.54) is 16.7 Å². The highest BCUT2D eigenvalue weighted by molar-refractivity contribution is 9.10. The first-order valence-electron chi connectivity index (χ1n) is 7.42. The highest BCUT2D eigenvalue weighted by atomic mass is 79.9. The highest BCUT2D eigenvalue weighted by Crippen LogP contribution is 2.28. The summed E-state index contributed by atoms with van der Waals surface area (Å²) >= 11 is 9.74. The van der Waals surface area contributed by atoms with Crippen LogP contribution in [0.25, 0.3) is 0 Å². The second-order valence-corrected chi connectivity index (χ2v) is 6.54. The summed E-state index contributed by atoms with van der Waals surface area (Å²) in [5, 5.41) is 4.37. The van der Waals surface area contributed by atoms with Crippen LogP contribution in [0, 0.1) is 0 Å². The number of nitrogens with one attached hydrogen (secondary N) is 1. The molecule has 0 spiro atoms. The van der Waals surface area contributed by atoms with Crippen molar-refractivity contribution in [2.75, 3.05) is 6.54 Å². The maximum Gasteiger partial charge on any atom is 0.0577 e. The zero-order chi connectivity index (χ0) is 15.2. The first kappa shape index (κ1) is 16.5. The van der Waals surface area contributed by atoms with Gasteiger partial charge in [0.05, 0.1) is 6.04 Å².